The van der Waals surface area contributed by atoms with Crippen LogP contribution in [0.1, 0.15) is 32.3 Å². The number of phenols is 1. The molecule has 0 saturated carbocycles. The van der Waals surface area contributed by atoms with E-state index in [-0.39, 0.29) is 23.8 Å². The van der Waals surface area contributed by atoms with Gasteiger partial charge in [0.15, 0.2) is 0 Å². The van der Waals surface area contributed by atoms with E-state index in [1.807, 2.05) is 32.9 Å². The maximum atomic E-state index is 12.0. The molecule has 1 aliphatic rings. The maximum Gasteiger partial charge on any atom is 0.410 e. The van der Waals surface area contributed by atoms with Crippen LogP contribution in [0.5, 0.6) is 5.75 Å². The molecule has 1 aromatic carbocycles. The van der Waals surface area contributed by atoms with Crippen LogP contribution in [0, 0.1) is 0 Å². The van der Waals surface area contributed by atoms with Gasteiger partial charge in [0.05, 0.1) is 0 Å². The Morgan fingerprint density at radius 2 is 1.90 bits per heavy atom. The summed E-state index contributed by atoms with van der Waals surface area (Å²) in [5, 5.41) is 9.32. The van der Waals surface area contributed by atoms with Crippen molar-refractivity contribution in [2.24, 2.45) is 5.73 Å². The Morgan fingerprint density at radius 3 is 2.45 bits per heavy atom. The van der Waals surface area contributed by atoms with Crippen molar-refractivity contribution in [3.05, 3.63) is 29.8 Å². The molecule has 1 heterocycles. The fraction of sp³-hybridized carbons (Fsp3) is 0.533. The molecule has 0 bridgehead atoms. The molecule has 2 unspecified atom stereocenters. The van der Waals surface area contributed by atoms with E-state index in [2.05, 4.69) is 0 Å². The van der Waals surface area contributed by atoms with Gasteiger partial charge < -0.3 is 20.5 Å². The summed E-state index contributed by atoms with van der Waals surface area (Å²) in [7, 11) is 0. The highest BCUT2D eigenvalue weighted by Crippen LogP contribution is 2.28. The Kier molecular flexibility index (Phi) is 3.90. The molecule has 1 aromatic rings. The van der Waals surface area contributed by atoms with Gasteiger partial charge in [-0.2, -0.15) is 0 Å². The minimum Gasteiger partial charge on any atom is -0.508 e. The van der Waals surface area contributed by atoms with Crippen molar-refractivity contribution in [1.82, 2.24) is 4.90 Å². The van der Waals surface area contributed by atoms with Crippen molar-refractivity contribution >= 4 is 6.09 Å². The van der Waals surface area contributed by atoms with Crippen molar-refractivity contribution in [3.8, 4) is 5.75 Å². The number of carbonyl (C=O) groups is 1. The molecule has 0 spiro atoms. The Balaban J connectivity index is 2.05. The molecule has 5 nitrogen and oxygen atoms in total. The molecule has 3 N–H and O–H groups in total. The molecule has 1 saturated heterocycles. The Hall–Kier alpha value is -1.75. The highest BCUT2D eigenvalue weighted by atomic mass is 16.6. The number of nitrogens with zero attached hydrogens (tertiary/aromatic N) is 1. The minimum atomic E-state index is -0.502. The number of nitrogens with two attached hydrogens (primary N) is 1. The zero-order valence-corrected chi connectivity index (χ0v) is 12.2. The summed E-state index contributed by atoms with van der Waals surface area (Å²) in [6.07, 6.45) is -0.325. The van der Waals surface area contributed by atoms with Gasteiger partial charge in [-0.3, -0.25) is 0 Å². The van der Waals surface area contributed by atoms with Gasteiger partial charge in [0, 0.05) is 25.0 Å². The first-order chi connectivity index (χ1) is 9.26. The fourth-order valence-electron chi connectivity index (χ4n) is 2.38. The van der Waals surface area contributed by atoms with Crippen LogP contribution in [0.25, 0.3) is 0 Å². The van der Waals surface area contributed by atoms with Crippen LogP contribution in [0.3, 0.4) is 0 Å². The number of hydrogen-bond acceptors (Lipinski definition) is 4. The van der Waals surface area contributed by atoms with Crippen molar-refractivity contribution < 1.29 is 14.6 Å². The zero-order valence-electron chi connectivity index (χ0n) is 12.2. The van der Waals surface area contributed by atoms with Crippen LogP contribution >= 0.6 is 0 Å². The number of hydrogen-bond donors (Lipinski definition) is 2. The van der Waals surface area contributed by atoms with E-state index >= 15 is 0 Å². The SMILES string of the molecule is CC(C)(C)OC(=O)N1CC(N)C(c2ccc(O)cc2)C1. The lowest BCUT2D eigenvalue weighted by Gasteiger charge is -2.24. The molecule has 110 valence electrons. The van der Waals surface area contributed by atoms with Gasteiger partial charge in [0.2, 0.25) is 0 Å². The van der Waals surface area contributed by atoms with Gasteiger partial charge in [-0.25, -0.2) is 4.79 Å². The smallest absolute Gasteiger partial charge is 0.410 e. The van der Waals surface area contributed by atoms with Crippen LogP contribution in [0.4, 0.5) is 4.79 Å². The van der Waals surface area contributed by atoms with Crippen LogP contribution in [-0.2, 0) is 4.74 Å². The quantitative estimate of drug-likeness (QED) is 0.824. The number of carbonyl (C=O) groups excluding carboxylic acids is 1. The number of rotatable bonds is 1. The molecule has 20 heavy (non-hydrogen) atoms. The average molecular weight is 278 g/mol. The molecule has 1 aliphatic heterocycles. The molecule has 5 heteroatoms. The summed E-state index contributed by atoms with van der Waals surface area (Å²) in [6, 6.07) is 6.85. The third-order valence-corrected chi connectivity index (χ3v) is 3.34. The molecule has 2 atom stereocenters. The van der Waals surface area contributed by atoms with Crippen molar-refractivity contribution in [2.45, 2.75) is 38.3 Å². The predicted molar refractivity (Wildman–Crippen MR) is 76.6 cm³/mol. The lowest BCUT2D eigenvalue weighted by atomic mass is 9.95. The third kappa shape index (κ3) is 3.42. The Morgan fingerprint density at radius 1 is 1.30 bits per heavy atom. The highest BCUT2D eigenvalue weighted by molar-refractivity contribution is 5.69. The molecular formula is C15H22N2O3. The number of ether oxygens (including phenoxy) is 1. The average Bonchev–Trinajstić information content (AvgIpc) is 2.70. The van der Waals surface area contributed by atoms with Crippen molar-refractivity contribution in [2.75, 3.05) is 13.1 Å². The van der Waals surface area contributed by atoms with Gasteiger partial charge in [-0.15, -0.1) is 0 Å². The third-order valence-electron chi connectivity index (χ3n) is 3.34. The van der Waals surface area contributed by atoms with Crippen molar-refractivity contribution in [1.29, 1.82) is 0 Å². The lowest BCUT2D eigenvalue weighted by molar-refractivity contribution is 0.0290. The predicted octanol–water partition coefficient (Wildman–Crippen LogP) is 2.05. The molecule has 1 fully saturated rings. The first-order valence-electron chi connectivity index (χ1n) is 6.79. The molecule has 0 aliphatic carbocycles. The standard InChI is InChI=1S/C15H22N2O3/c1-15(2,3)20-14(19)17-8-12(13(16)9-17)10-4-6-11(18)7-5-10/h4-7,12-13,18H,8-9,16H2,1-3H3. The molecule has 2 rings (SSSR count). The van der Waals surface area contributed by atoms with Crippen LogP contribution in [0.2, 0.25) is 0 Å². The zero-order chi connectivity index (χ0) is 14.9. The second-order valence-corrected chi connectivity index (χ2v) is 6.25. The summed E-state index contributed by atoms with van der Waals surface area (Å²) in [5.41, 5.74) is 6.66. The van der Waals surface area contributed by atoms with Gasteiger partial charge in [-0.1, -0.05) is 12.1 Å². The first-order valence-corrected chi connectivity index (χ1v) is 6.79. The largest absolute Gasteiger partial charge is 0.508 e. The van der Waals surface area contributed by atoms with Crippen LogP contribution in [-0.4, -0.2) is 40.8 Å². The first kappa shape index (κ1) is 14.7. The van der Waals surface area contributed by atoms with Crippen LogP contribution < -0.4 is 5.73 Å². The number of benzene rings is 1. The number of phenolic OH excluding ortho intramolecular Hbond substituents is 1. The summed E-state index contributed by atoms with van der Waals surface area (Å²) in [4.78, 5) is 13.7. The topological polar surface area (TPSA) is 75.8 Å². The van der Waals surface area contributed by atoms with Gasteiger partial charge in [0.25, 0.3) is 0 Å². The Labute approximate surface area is 119 Å². The fourth-order valence-corrected chi connectivity index (χ4v) is 2.38. The number of amides is 1. The van der Waals surface area contributed by atoms with E-state index in [1.165, 1.54) is 0 Å². The second kappa shape index (κ2) is 5.32. The van der Waals surface area contributed by atoms with Crippen molar-refractivity contribution in [3.63, 3.8) is 0 Å². The summed E-state index contributed by atoms with van der Waals surface area (Å²) >= 11 is 0. The molecular weight excluding hydrogens is 256 g/mol. The number of likely N-dealkylation sites (tertiary alicyclic amines) is 1. The van der Waals surface area contributed by atoms with Gasteiger partial charge >= 0.3 is 6.09 Å². The van der Waals surface area contributed by atoms with Gasteiger partial charge in [0.1, 0.15) is 11.4 Å². The molecule has 0 aromatic heterocycles. The highest BCUT2D eigenvalue weighted by Gasteiger charge is 2.35. The molecule has 0 radical (unpaired) electrons. The van der Waals surface area contributed by atoms with E-state index in [4.69, 9.17) is 10.5 Å². The van der Waals surface area contributed by atoms with E-state index in [0.717, 1.165) is 5.56 Å². The normalized spacial score (nSPS) is 22.9. The van der Waals surface area contributed by atoms with E-state index in [9.17, 15) is 9.90 Å². The number of aromatic hydroxyl groups is 1. The van der Waals surface area contributed by atoms with E-state index < -0.39 is 5.60 Å². The van der Waals surface area contributed by atoms with Crippen LogP contribution in [0.15, 0.2) is 24.3 Å². The van der Waals surface area contributed by atoms with Gasteiger partial charge in [-0.05, 0) is 38.5 Å². The minimum absolute atomic E-state index is 0.0723. The Bertz CT molecular complexity index is 479. The summed E-state index contributed by atoms with van der Waals surface area (Å²) in [5.74, 6) is 0.299. The molecule has 1 amide bonds. The maximum absolute atomic E-state index is 12.0. The summed E-state index contributed by atoms with van der Waals surface area (Å²) < 4.78 is 5.36. The summed E-state index contributed by atoms with van der Waals surface area (Å²) in [6.45, 7) is 6.57. The lowest BCUT2D eigenvalue weighted by Crippen LogP contribution is -2.36. The monoisotopic (exact) mass is 278 g/mol. The van der Waals surface area contributed by atoms with E-state index in [1.54, 1.807) is 17.0 Å². The van der Waals surface area contributed by atoms with E-state index in [0.29, 0.717) is 13.1 Å². The second-order valence-electron chi connectivity index (χ2n) is 6.25.